The van der Waals surface area contributed by atoms with Gasteiger partial charge in [0.15, 0.2) is 0 Å². The molecule has 10 heteroatoms. The average Bonchev–Trinajstić information content (AvgIpc) is 3.81. The number of nitrogens with zero attached hydrogens (tertiary/aromatic N) is 4. The van der Waals surface area contributed by atoms with Crippen molar-refractivity contribution in [2.75, 3.05) is 0 Å². The van der Waals surface area contributed by atoms with E-state index in [0.29, 0.717) is 0 Å². The van der Waals surface area contributed by atoms with E-state index < -0.39 is 16.1 Å². The summed E-state index contributed by atoms with van der Waals surface area (Å²) in [6.45, 7) is 19.0. The minimum Gasteiger partial charge on any atom is -1.00 e. The Morgan fingerprint density at radius 2 is 0.768 bits per heavy atom. The quantitative estimate of drug-likeness (QED) is 0.169. The largest absolute Gasteiger partial charge is 1.00 e. The molecule has 4 nitrogen and oxygen atoms in total. The fourth-order valence-corrected chi connectivity index (χ4v) is 8.67. The number of fused-ring (bicyclic) bond motifs is 2. The first-order chi connectivity index (χ1) is 25.8. The Kier molecular flexibility index (Phi) is 15.8. The third-order valence-electron chi connectivity index (χ3n) is 9.18. The smallest absolute Gasteiger partial charge is 1.00 e. The van der Waals surface area contributed by atoms with Gasteiger partial charge < -0.3 is 24.8 Å². The molecule has 0 amide bonds. The molecular weight excluding hydrogens is 855 g/mol. The van der Waals surface area contributed by atoms with Crippen LogP contribution in [-0.2, 0) is 23.3 Å². The van der Waals surface area contributed by atoms with Gasteiger partial charge in [0.05, 0.1) is 38.9 Å². The maximum absolute atomic E-state index is 4.60. The zero-order chi connectivity index (χ0) is 38.5. The molecule has 0 atom stereocenters. The minimum absolute atomic E-state index is 0. The van der Waals surface area contributed by atoms with E-state index >= 15 is 0 Å². The van der Waals surface area contributed by atoms with Crippen LogP contribution in [0.2, 0.25) is 52.4 Å². The Morgan fingerprint density at radius 1 is 0.464 bits per heavy atom. The molecule has 0 aliphatic heterocycles. The van der Waals surface area contributed by atoms with Crippen molar-refractivity contribution in [1.82, 2.24) is 19.9 Å². The van der Waals surface area contributed by atoms with Crippen molar-refractivity contribution in [2.45, 2.75) is 52.4 Å². The van der Waals surface area contributed by atoms with E-state index in [9.17, 15) is 0 Å². The van der Waals surface area contributed by atoms with Crippen molar-refractivity contribution in [1.29, 1.82) is 0 Å². The van der Waals surface area contributed by atoms with Crippen molar-refractivity contribution in [2.24, 2.45) is 0 Å². The van der Waals surface area contributed by atoms with E-state index in [4.69, 9.17) is 0 Å². The molecule has 0 fully saturated rings. The molecule has 0 unspecified atom stereocenters. The van der Waals surface area contributed by atoms with Crippen LogP contribution < -0.4 is 35.2 Å². The normalized spacial score (nSPS) is 11.0. The van der Waals surface area contributed by atoms with Crippen molar-refractivity contribution in [3.8, 4) is 45.0 Å². The predicted octanol–water partition coefficient (Wildman–Crippen LogP) is 5.25. The summed E-state index contributed by atoms with van der Waals surface area (Å²) in [7, 11) is -2.75. The molecule has 8 rings (SSSR count). The average molecular weight is 903 g/mol. The van der Waals surface area contributed by atoms with E-state index in [1.807, 2.05) is 73.3 Å². The standard InChI is InChI=1S/2C22H21N2Si.C2H6Si.2ClH.Zr/c2*1-25(2,3)18-13-16-12-17(21-8-4-6-10-23-21)14-20(19(16)15-18)22-9-5-7-11-24-22;1-3-2;;;/h2*4-15H,1-3H3;1-2H3;2*1H;/q2*-1;;;;+2/p-2. The maximum Gasteiger partial charge on any atom is -1.00 e. The Balaban J connectivity index is 0.000000220. The first-order valence-corrected chi connectivity index (χ1v) is 31.6. The summed E-state index contributed by atoms with van der Waals surface area (Å²) in [5.74, 6) is 0. The van der Waals surface area contributed by atoms with Gasteiger partial charge in [-0.2, -0.15) is 12.1 Å². The Morgan fingerprint density at radius 3 is 1.04 bits per heavy atom. The van der Waals surface area contributed by atoms with Gasteiger partial charge in [0.1, 0.15) is 0 Å². The summed E-state index contributed by atoms with van der Waals surface area (Å²) < 4.78 is 0. The fourth-order valence-electron chi connectivity index (χ4n) is 6.34. The zero-order valence-corrected chi connectivity index (χ0v) is 40.4. The number of hydrogen-bond acceptors (Lipinski definition) is 4. The SMILES string of the molecule is C[Si](C)(C)c1cc2c(-c3ccccn3)cc(-c3ccccn3)cc2[cH-]1.C[Si](C)(C)c1cc2c(-c3ccccn3)cc(-c3ccccn3)cc2[cH-]1.C[Si](C)=[Zr+2].[Cl-].[Cl-]. The third-order valence-corrected chi connectivity index (χ3v) is 13.2. The monoisotopic (exact) mass is 900 g/mol. The van der Waals surface area contributed by atoms with Gasteiger partial charge in [-0.1, -0.05) is 75.7 Å². The van der Waals surface area contributed by atoms with E-state index in [2.05, 4.69) is 145 Å². The Labute approximate surface area is 362 Å². The predicted molar refractivity (Wildman–Crippen MR) is 235 cm³/mol. The second kappa shape index (κ2) is 19.7. The molecule has 0 radical (unpaired) electrons. The van der Waals surface area contributed by atoms with Crippen LogP contribution in [0.15, 0.2) is 146 Å². The van der Waals surface area contributed by atoms with Crippen LogP contribution in [0.4, 0.5) is 0 Å². The number of pyridine rings is 4. The van der Waals surface area contributed by atoms with Crippen LogP contribution in [0, 0.1) is 0 Å². The summed E-state index contributed by atoms with van der Waals surface area (Å²) in [4.78, 5) is 18.3. The maximum atomic E-state index is 4.60. The molecule has 0 aliphatic carbocycles. The molecule has 8 aromatic rings. The summed E-state index contributed by atoms with van der Waals surface area (Å²) in [6, 6.07) is 42.7. The van der Waals surface area contributed by atoms with Crippen LogP contribution in [-0.4, -0.2) is 41.5 Å². The van der Waals surface area contributed by atoms with Crippen LogP contribution >= 0.6 is 0 Å². The topological polar surface area (TPSA) is 51.6 Å². The summed E-state index contributed by atoms with van der Waals surface area (Å²) in [6.07, 6.45) is 7.41. The zero-order valence-electron chi connectivity index (χ0n) is 33.4. The number of rotatable bonds is 6. The van der Waals surface area contributed by atoms with Crippen LogP contribution in [0.3, 0.4) is 0 Å². The van der Waals surface area contributed by atoms with Crippen molar-refractivity contribution in [3.05, 3.63) is 146 Å². The molecule has 56 heavy (non-hydrogen) atoms. The number of hydrogen-bond donors (Lipinski definition) is 0. The van der Waals surface area contributed by atoms with E-state index in [0.717, 1.165) is 33.9 Å². The second-order valence-corrected chi connectivity index (χ2v) is 35.4. The molecule has 0 bridgehead atoms. The molecule has 0 spiro atoms. The second-order valence-electron chi connectivity index (χ2n) is 15.9. The first-order valence-electron chi connectivity index (χ1n) is 18.5. The van der Waals surface area contributed by atoms with Gasteiger partial charge in [-0.25, -0.2) is 0 Å². The number of benzene rings is 2. The Bertz CT molecular complexity index is 2320. The van der Waals surface area contributed by atoms with E-state index in [1.54, 1.807) is 23.3 Å². The van der Waals surface area contributed by atoms with Crippen LogP contribution in [0.5, 0.6) is 0 Å². The molecule has 284 valence electrons. The molecule has 4 heterocycles. The number of aromatic nitrogens is 4. The summed E-state index contributed by atoms with van der Waals surface area (Å²) >= 11 is 1.74. The van der Waals surface area contributed by atoms with Crippen molar-refractivity contribution in [3.63, 3.8) is 0 Å². The van der Waals surface area contributed by atoms with E-state index in [-0.39, 0.29) is 30.2 Å². The van der Waals surface area contributed by atoms with Gasteiger partial charge in [-0.15, -0.1) is 56.2 Å². The summed E-state index contributed by atoms with van der Waals surface area (Å²) in [5.41, 5.74) is 8.88. The Hall–Kier alpha value is -3.63. The summed E-state index contributed by atoms with van der Waals surface area (Å²) in [5, 5.41) is 8.10. The van der Waals surface area contributed by atoms with E-state index in [1.165, 1.54) is 43.0 Å². The third kappa shape index (κ3) is 11.3. The van der Waals surface area contributed by atoms with Gasteiger partial charge in [-0.3, -0.25) is 19.9 Å². The molecular formula is C46H48Cl2N4Si3Zr-2. The molecule has 4 aromatic carbocycles. The van der Waals surface area contributed by atoms with Gasteiger partial charge in [0.25, 0.3) is 0 Å². The van der Waals surface area contributed by atoms with Crippen LogP contribution in [0.25, 0.3) is 66.6 Å². The molecule has 0 aliphatic rings. The van der Waals surface area contributed by atoms with Gasteiger partial charge in [0, 0.05) is 24.8 Å². The van der Waals surface area contributed by atoms with Crippen molar-refractivity contribution < 1.29 is 48.1 Å². The van der Waals surface area contributed by atoms with Crippen molar-refractivity contribution >= 4 is 53.5 Å². The molecule has 0 saturated carbocycles. The number of halogens is 2. The molecule has 0 saturated heterocycles. The fraction of sp³-hybridized carbons (Fsp3) is 0.174. The van der Waals surface area contributed by atoms with Gasteiger partial charge in [0.2, 0.25) is 0 Å². The molecule has 4 aromatic heterocycles. The van der Waals surface area contributed by atoms with Gasteiger partial charge >= 0.3 is 41.9 Å². The van der Waals surface area contributed by atoms with Crippen LogP contribution in [0.1, 0.15) is 0 Å². The minimum atomic E-state index is -1.37. The van der Waals surface area contributed by atoms with Gasteiger partial charge in [-0.05, 0) is 70.8 Å². The molecule has 0 N–H and O–H groups in total. The first kappa shape index (κ1) is 45.1.